The van der Waals surface area contributed by atoms with Crippen molar-refractivity contribution >= 4 is 0 Å². The van der Waals surface area contributed by atoms with E-state index in [0.29, 0.717) is 0 Å². The Morgan fingerprint density at radius 3 is 2.47 bits per heavy atom. The molecule has 2 fully saturated rings. The van der Waals surface area contributed by atoms with E-state index in [1.807, 2.05) is 0 Å². The van der Waals surface area contributed by atoms with Gasteiger partial charge in [0, 0.05) is 18.6 Å². The number of likely N-dealkylation sites (tertiary alicyclic amines) is 1. The van der Waals surface area contributed by atoms with Gasteiger partial charge in [0.25, 0.3) is 0 Å². The molecule has 0 spiro atoms. The zero-order chi connectivity index (χ0) is 12.1. The highest BCUT2D eigenvalue weighted by Gasteiger charge is 2.28. The highest BCUT2D eigenvalue weighted by Crippen LogP contribution is 2.29. The quantitative estimate of drug-likeness (QED) is 0.792. The summed E-state index contributed by atoms with van der Waals surface area (Å²) in [6, 6.07) is 1.56. The Morgan fingerprint density at radius 2 is 1.82 bits per heavy atom. The minimum Gasteiger partial charge on any atom is -0.313 e. The van der Waals surface area contributed by atoms with Gasteiger partial charge in [0.2, 0.25) is 0 Å². The maximum Gasteiger partial charge on any atom is 0.0223 e. The van der Waals surface area contributed by atoms with Crippen LogP contribution >= 0.6 is 0 Å². The maximum absolute atomic E-state index is 3.75. The molecule has 0 aromatic carbocycles. The molecular weight excluding hydrogens is 208 g/mol. The minimum absolute atomic E-state index is 0.753. The van der Waals surface area contributed by atoms with Crippen molar-refractivity contribution in [3.05, 3.63) is 0 Å². The molecule has 0 radical (unpaired) electrons. The molecule has 1 aliphatic heterocycles. The Labute approximate surface area is 107 Å². The van der Waals surface area contributed by atoms with Crippen LogP contribution in [0.3, 0.4) is 0 Å². The average molecular weight is 238 g/mol. The van der Waals surface area contributed by atoms with Gasteiger partial charge >= 0.3 is 0 Å². The molecule has 2 rings (SSSR count). The SMILES string of the molecule is CCNC(CN1CCCCC1C)C1CCCC1. The Bertz CT molecular complexity index is 211. The predicted octanol–water partition coefficient (Wildman–Crippen LogP) is 3.03. The van der Waals surface area contributed by atoms with E-state index in [4.69, 9.17) is 0 Å². The van der Waals surface area contributed by atoms with Gasteiger partial charge < -0.3 is 5.32 Å². The van der Waals surface area contributed by atoms with E-state index in [0.717, 1.165) is 24.5 Å². The first kappa shape index (κ1) is 13.4. The van der Waals surface area contributed by atoms with Gasteiger partial charge in [-0.2, -0.15) is 0 Å². The van der Waals surface area contributed by atoms with Crippen molar-refractivity contribution < 1.29 is 0 Å². The maximum atomic E-state index is 3.75. The van der Waals surface area contributed by atoms with Gasteiger partial charge in [-0.05, 0) is 51.6 Å². The number of hydrogen-bond acceptors (Lipinski definition) is 2. The van der Waals surface area contributed by atoms with E-state index < -0.39 is 0 Å². The highest BCUT2D eigenvalue weighted by atomic mass is 15.2. The van der Waals surface area contributed by atoms with Gasteiger partial charge in [-0.15, -0.1) is 0 Å². The van der Waals surface area contributed by atoms with E-state index in [1.54, 1.807) is 0 Å². The van der Waals surface area contributed by atoms with E-state index in [2.05, 4.69) is 24.1 Å². The number of hydrogen-bond donors (Lipinski definition) is 1. The second-order valence-corrected chi connectivity index (χ2v) is 6.05. The van der Waals surface area contributed by atoms with Gasteiger partial charge in [-0.25, -0.2) is 0 Å². The fourth-order valence-electron chi connectivity index (χ4n) is 3.68. The fourth-order valence-corrected chi connectivity index (χ4v) is 3.68. The molecular formula is C15H30N2. The summed E-state index contributed by atoms with van der Waals surface area (Å²) in [5.41, 5.74) is 0. The summed E-state index contributed by atoms with van der Waals surface area (Å²) in [6.07, 6.45) is 10.1. The molecule has 1 saturated carbocycles. The Hall–Kier alpha value is -0.0800. The first-order valence-corrected chi connectivity index (χ1v) is 7.78. The van der Waals surface area contributed by atoms with Crippen LogP contribution in [0.25, 0.3) is 0 Å². The van der Waals surface area contributed by atoms with Crippen molar-refractivity contribution in [3.8, 4) is 0 Å². The van der Waals surface area contributed by atoms with Crippen molar-refractivity contribution in [2.75, 3.05) is 19.6 Å². The van der Waals surface area contributed by atoms with Gasteiger partial charge in [0.15, 0.2) is 0 Å². The van der Waals surface area contributed by atoms with Gasteiger partial charge in [-0.1, -0.05) is 26.2 Å². The third-order valence-corrected chi connectivity index (χ3v) is 4.81. The van der Waals surface area contributed by atoms with Crippen LogP contribution in [0.2, 0.25) is 0 Å². The second kappa shape index (κ2) is 6.75. The average Bonchev–Trinajstić information content (AvgIpc) is 2.85. The first-order chi connectivity index (χ1) is 8.31. The molecule has 2 nitrogen and oxygen atoms in total. The summed E-state index contributed by atoms with van der Waals surface area (Å²) in [6.45, 7) is 8.41. The molecule has 1 N–H and O–H groups in total. The van der Waals surface area contributed by atoms with Gasteiger partial charge in [0.05, 0.1) is 0 Å². The molecule has 1 aliphatic carbocycles. The van der Waals surface area contributed by atoms with Crippen molar-refractivity contribution in [3.63, 3.8) is 0 Å². The number of likely N-dealkylation sites (N-methyl/N-ethyl adjacent to an activating group) is 1. The second-order valence-electron chi connectivity index (χ2n) is 6.05. The Kier molecular flexibility index (Phi) is 5.30. The van der Waals surface area contributed by atoms with Crippen LogP contribution in [0.15, 0.2) is 0 Å². The fraction of sp³-hybridized carbons (Fsp3) is 1.00. The molecule has 0 aromatic heterocycles. The summed E-state index contributed by atoms with van der Waals surface area (Å²) < 4.78 is 0. The molecule has 100 valence electrons. The van der Waals surface area contributed by atoms with Crippen molar-refractivity contribution in [2.45, 2.75) is 70.9 Å². The van der Waals surface area contributed by atoms with Gasteiger partial charge in [0.1, 0.15) is 0 Å². The summed E-state index contributed by atoms with van der Waals surface area (Å²) >= 11 is 0. The zero-order valence-electron chi connectivity index (χ0n) is 11.8. The molecule has 2 atom stereocenters. The van der Waals surface area contributed by atoms with Crippen molar-refractivity contribution in [1.29, 1.82) is 0 Å². The van der Waals surface area contributed by atoms with Gasteiger partial charge in [-0.3, -0.25) is 4.90 Å². The molecule has 2 unspecified atom stereocenters. The smallest absolute Gasteiger partial charge is 0.0223 e. The first-order valence-electron chi connectivity index (χ1n) is 7.78. The van der Waals surface area contributed by atoms with Crippen LogP contribution in [0.5, 0.6) is 0 Å². The Balaban J connectivity index is 1.86. The topological polar surface area (TPSA) is 15.3 Å². The lowest BCUT2D eigenvalue weighted by Gasteiger charge is -2.38. The van der Waals surface area contributed by atoms with Crippen LogP contribution in [0.4, 0.5) is 0 Å². The molecule has 2 heteroatoms. The highest BCUT2D eigenvalue weighted by molar-refractivity contribution is 4.85. The lowest BCUT2D eigenvalue weighted by Crippen LogP contribution is -2.49. The van der Waals surface area contributed by atoms with E-state index in [1.165, 1.54) is 58.0 Å². The van der Waals surface area contributed by atoms with Crippen LogP contribution in [-0.4, -0.2) is 36.6 Å². The van der Waals surface area contributed by atoms with Crippen LogP contribution < -0.4 is 5.32 Å². The van der Waals surface area contributed by atoms with E-state index >= 15 is 0 Å². The molecule has 0 amide bonds. The van der Waals surface area contributed by atoms with Crippen LogP contribution in [0, 0.1) is 5.92 Å². The standard InChI is InChI=1S/C15H30N2/c1-3-16-15(14-9-4-5-10-14)12-17-11-7-6-8-13(17)2/h13-16H,3-12H2,1-2H3. The lowest BCUT2D eigenvalue weighted by molar-refractivity contribution is 0.129. The molecule has 0 bridgehead atoms. The van der Waals surface area contributed by atoms with E-state index in [9.17, 15) is 0 Å². The van der Waals surface area contributed by atoms with Crippen molar-refractivity contribution in [2.24, 2.45) is 5.92 Å². The van der Waals surface area contributed by atoms with Crippen LogP contribution in [0.1, 0.15) is 58.8 Å². The molecule has 1 heterocycles. The monoisotopic (exact) mass is 238 g/mol. The largest absolute Gasteiger partial charge is 0.313 e. The Morgan fingerprint density at radius 1 is 1.12 bits per heavy atom. The van der Waals surface area contributed by atoms with Crippen LogP contribution in [-0.2, 0) is 0 Å². The van der Waals surface area contributed by atoms with Crippen molar-refractivity contribution in [1.82, 2.24) is 10.2 Å². The van der Waals surface area contributed by atoms with E-state index in [-0.39, 0.29) is 0 Å². The predicted molar refractivity (Wildman–Crippen MR) is 74.3 cm³/mol. The number of nitrogens with zero attached hydrogens (tertiary/aromatic N) is 1. The summed E-state index contributed by atoms with van der Waals surface area (Å²) in [5, 5.41) is 3.75. The number of nitrogens with one attached hydrogen (secondary N) is 1. The molecule has 1 saturated heterocycles. The number of piperidine rings is 1. The minimum atomic E-state index is 0.753. The summed E-state index contributed by atoms with van der Waals surface area (Å²) in [5.74, 6) is 0.948. The number of rotatable bonds is 5. The normalized spacial score (nSPS) is 29.6. The zero-order valence-corrected chi connectivity index (χ0v) is 11.8. The summed E-state index contributed by atoms with van der Waals surface area (Å²) in [4.78, 5) is 2.73. The third-order valence-electron chi connectivity index (χ3n) is 4.81. The lowest BCUT2D eigenvalue weighted by atomic mass is 9.95. The molecule has 0 aromatic rings. The molecule has 17 heavy (non-hydrogen) atoms. The summed E-state index contributed by atoms with van der Waals surface area (Å²) in [7, 11) is 0. The third kappa shape index (κ3) is 3.69. The molecule has 2 aliphatic rings.